The van der Waals surface area contributed by atoms with E-state index in [0.29, 0.717) is 22.2 Å². The summed E-state index contributed by atoms with van der Waals surface area (Å²) in [6.45, 7) is 3.82. The molecule has 0 aliphatic rings. The number of thiocarbonyl (C=S) groups is 1. The molecule has 0 bridgehead atoms. The van der Waals surface area contributed by atoms with Gasteiger partial charge in [-0.3, -0.25) is 4.79 Å². The second-order valence-electron chi connectivity index (χ2n) is 5.37. The molecule has 10 heteroatoms. The quantitative estimate of drug-likeness (QED) is 0.330. The van der Waals surface area contributed by atoms with Crippen LogP contribution in [0.25, 0.3) is 0 Å². The Hall–Kier alpha value is -0.170. The molecule has 0 saturated heterocycles. The van der Waals surface area contributed by atoms with Crippen LogP contribution < -0.4 is 16.0 Å². The zero-order chi connectivity index (χ0) is 18.5. The average Bonchev–Trinajstić information content (AvgIpc) is 2.40. The first-order valence-corrected chi connectivity index (χ1v) is 9.17. The monoisotopic (exact) mass is 449 g/mol. The number of rotatable bonds is 5. The Morgan fingerprint density at radius 1 is 1.17 bits per heavy atom. The third kappa shape index (κ3) is 7.81. The highest BCUT2D eigenvalue weighted by Gasteiger charge is 2.34. The average molecular weight is 452 g/mol. The molecule has 0 radical (unpaired) electrons. The minimum Gasteiger partial charge on any atom is -0.339 e. The van der Waals surface area contributed by atoms with Crippen LogP contribution in [0.3, 0.4) is 0 Å². The van der Waals surface area contributed by atoms with E-state index >= 15 is 0 Å². The third-order valence-corrected chi connectivity index (χ3v) is 4.29. The summed E-state index contributed by atoms with van der Waals surface area (Å²) in [5.41, 5.74) is 0.596. The van der Waals surface area contributed by atoms with Gasteiger partial charge in [-0.1, -0.05) is 71.9 Å². The summed E-state index contributed by atoms with van der Waals surface area (Å²) in [4.78, 5) is 11.9. The van der Waals surface area contributed by atoms with Crippen molar-refractivity contribution in [1.29, 1.82) is 0 Å². The van der Waals surface area contributed by atoms with Crippen molar-refractivity contribution >= 4 is 86.9 Å². The molecule has 4 nitrogen and oxygen atoms in total. The van der Waals surface area contributed by atoms with Crippen LogP contribution in [0.1, 0.15) is 20.3 Å². The topological polar surface area (TPSA) is 53.2 Å². The van der Waals surface area contributed by atoms with E-state index in [-0.39, 0.29) is 16.9 Å². The lowest BCUT2D eigenvalue weighted by molar-refractivity contribution is -0.122. The molecule has 0 aromatic heterocycles. The largest absolute Gasteiger partial charge is 0.339 e. The Morgan fingerprint density at radius 3 is 2.29 bits per heavy atom. The summed E-state index contributed by atoms with van der Waals surface area (Å²) >= 11 is 34.7. The van der Waals surface area contributed by atoms with Gasteiger partial charge in [0.05, 0.1) is 10.0 Å². The van der Waals surface area contributed by atoms with Crippen LogP contribution in [0.5, 0.6) is 0 Å². The maximum atomic E-state index is 11.9. The highest BCUT2D eigenvalue weighted by atomic mass is 35.6. The second kappa shape index (κ2) is 9.51. The molecule has 0 aliphatic carbocycles. The SMILES string of the molecule is CC(C)CC(=O)N[C@H](NC(=S)Nc1ccc(Cl)c(Cl)c1)C(Cl)(Cl)Cl. The Bertz CT molecular complexity index is 607. The van der Waals surface area contributed by atoms with Crippen molar-refractivity contribution in [2.24, 2.45) is 5.92 Å². The van der Waals surface area contributed by atoms with Gasteiger partial charge in [-0.2, -0.15) is 0 Å². The predicted molar refractivity (Wildman–Crippen MR) is 107 cm³/mol. The van der Waals surface area contributed by atoms with Crippen molar-refractivity contribution in [3.63, 3.8) is 0 Å². The Morgan fingerprint density at radius 2 is 1.79 bits per heavy atom. The van der Waals surface area contributed by atoms with Crippen molar-refractivity contribution in [3.05, 3.63) is 28.2 Å². The fourth-order valence-electron chi connectivity index (χ4n) is 1.66. The summed E-state index contributed by atoms with van der Waals surface area (Å²) in [7, 11) is 0. The van der Waals surface area contributed by atoms with E-state index in [1.807, 2.05) is 13.8 Å². The summed E-state index contributed by atoms with van der Waals surface area (Å²) in [6, 6.07) is 4.90. The number of nitrogens with one attached hydrogen (secondary N) is 3. The van der Waals surface area contributed by atoms with Gasteiger partial charge in [0.15, 0.2) is 5.11 Å². The van der Waals surface area contributed by atoms with Crippen LogP contribution in [0.4, 0.5) is 5.69 Å². The molecule has 1 aromatic rings. The second-order valence-corrected chi connectivity index (χ2v) is 8.96. The van der Waals surface area contributed by atoms with E-state index in [4.69, 9.17) is 70.2 Å². The van der Waals surface area contributed by atoms with Gasteiger partial charge in [-0.05, 0) is 36.3 Å². The molecule has 1 amide bonds. The van der Waals surface area contributed by atoms with Gasteiger partial charge < -0.3 is 16.0 Å². The number of hydrogen-bond acceptors (Lipinski definition) is 2. The molecule has 134 valence electrons. The fraction of sp³-hybridized carbons (Fsp3) is 0.429. The van der Waals surface area contributed by atoms with Gasteiger partial charge in [-0.15, -0.1) is 0 Å². The summed E-state index contributed by atoms with van der Waals surface area (Å²) in [5, 5.41) is 9.18. The summed E-state index contributed by atoms with van der Waals surface area (Å²) in [5.74, 6) is -0.0894. The highest BCUT2D eigenvalue weighted by Crippen LogP contribution is 2.29. The summed E-state index contributed by atoms with van der Waals surface area (Å²) < 4.78 is -1.80. The van der Waals surface area contributed by atoms with Gasteiger partial charge >= 0.3 is 0 Å². The molecule has 24 heavy (non-hydrogen) atoms. The van der Waals surface area contributed by atoms with Crippen molar-refractivity contribution in [1.82, 2.24) is 10.6 Å². The van der Waals surface area contributed by atoms with E-state index in [2.05, 4.69) is 16.0 Å². The molecule has 0 spiro atoms. The zero-order valence-corrected chi connectivity index (χ0v) is 17.4. The molecule has 3 N–H and O–H groups in total. The van der Waals surface area contributed by atoms with Crippen LogP contribution in [-0.2, 0) is 4.79 Å². The zero-order valence-electron chi connectivity index (χ0n) is 12.8. The maximum Gasteiger partial charge on any atom is 0.228 e. The van der Waals surface area contributed by atoms with Crippen molar-refractivity contribution in [3.8, 4) is 0 Å². The number of carbonyl (C=O) groups is 1. The predicted octanol–water partition coefficient (Wildman–Crippen LogP) is 5.14. The molecule has 0 heterocycles. The number of amides is 1. The van der Waals surface area contributed by atoms with E-state index in [1.54, 1.807) is 18.2 Å². The third-order valence-electron chi connectivity index (χ3n) is 2.68. The minimum atomic E-state index is -1.80. The van der Waals surface area contributed by atoms with Gasteiger partial charge in [-0.25, -0.2) is 0 Å². The number of hydrogen-bond donors (Lipinski definition) is 3. The summed E-state index contributed by atoms with van der Waals surface area (Å²) in [6.07, 6.45) is -0.706. The van der Waals surface area contributed by atoms with Crippen LogP contribution in [-0.4, -0.2) is 21.0 Å². The number of anilines is 1. The lowest BCUT2D eigenvalue weighted by atomic mass is 10.1. The van der Waals surface area contributed by atoms with Crippen LogP contribution in [0.2, 0.25) is 10.0 Å². The minimum absolute atomic E-state index is 0.148. The van der Waals surface area contributed by atoms with Gasteiger partial charge in [0.25, 0.3) is 0 Å². The lowest BCUT2D eigenvalue weighted by Crippen LogP contribution is -2.56. The molecule has 1 rings (SSSR count). The number of benzene rings is 1. The van der Waals surface area contributed by atoms with E-state index in [9.17, 15) is 4.79 Å². The van der Waals surface area contributed by atoms with Crippen molar-refractivity contribution in [2.75, 3.05) is 5.32 Å². The Labute approximate surface area is 171 Å². The molecule has 0 saturated carbocycles. The first kappa shape index (κ1) is 21.9. The first-order valence-electron chi connectivity index (χ1n) is 6.87. The molecule has 0 aliphatic heterocycles. The van der Waals surface area contributed by atoms with Crippen LogP contribution in [0, 0.1) is 5.92 Å². The van der Waals surface area contributed by atoms with E-state index < -0.39 is 9.96 Å². The molecule has 0 fully saturated rings. The lowest BCUT2D eigenvalue weighted by Gasteiger charge is -2.28. The number of halogens is 5. The van der Waals surface area contributed by atoms with Gasteiger partial charge in [0.2, 0.25) is 9.70 Å². The molecule has 0 unspecified atom stereocenters. The smallest absolute Gasteiger partial charge is 0.228 e. The Kier molecular flexibility index (Phi) is 8.66. The fourth-order valence-corrected chi connectivity index (χ4v) is 2.52. The standard InChI is InChI=1S/C14H16Cl5N3OS/c1-7(2)5-11(23)21-12(14(17,18)19)22-13(24)20-8-3-4-9(15)10(16)6-8/h3-4,6-7,12H,5H2,1-2H3,(H,21,23)(H2,20,22,24)/t12-/m1/s1. The molecular formula is C14H16Cl5N3OS. The first-order chi connectivity index (χ1) is 11.0. The van der Waals surface area contributed by atoms with Crippen molar-refractivity contribution in [2.45, 2.75) is 30.2 Å². The normalized spacial score (nSPS) is 12.7. The molecule has 1 aromatic carbocycles. The van der Waals surface area contributed by atoms with Crippen LogP contribution in [0.15, 0.2) is 18.2 Å². The van der Waals surface area contributed by atoms with E-state index in [0.717, 1.165) is 0 Å². The van der Waals surface area contributed by atoms with E-state index in [1.165, 1.54) is 0 Å². The molecule has 1 atom stereocenters. The van der Waals surface area contributed by atoms with Gasteiger partial charge in [0, 0.05) is 12.1 Å². The Balaban J connectivity index is 2.73. The van der Waals surface area contributed by atoms with Gasteiger partial charge in [0.1, 0.15) is 6.17 Å². The molecular weight excluding hydrogens is 436 g/mol. The van der Waals surface area contributed by atoms with Crippen LogP contribution >= 0.6 is 70.2 Å². The number of carbonyl (C=O) groups excluding carboxylic acids is 1. The number of alkyl halides is 3. The highest BCUT2D eigenvalue weighted by molar-refractivity contribution is 7.80. The maximum absolute atomic E-state index is 11.9. The van der Waals surface area contributed by atoms with Crippen molar-refractivity contribution < 1.29 is 4.79 Å².